The minimum absolute atomic E-state index is 0.127. The maximum Gasteiger partial charge on any atom is 0.243 e. The molecule has 9 heteroatoms. The fraction of sp³-hybridized carbons (Fsp3) is 0.304. The van der Waals surface area contributed by atoms with Gasteiger partial charge in [0, 0.05) is 30.1 Å². The summed E-state index contributed by atoms with van der Waals surface area (Å²) in [6.45, 7) is 2.98. The Bertz CT molecular complexity index is 1200. The number of aromatic nitrogens is 2. The SMILES string of the molecule is Cc1ccc(S(=O)(=O)N2CCC(C(=O)Nc3ccnn3Cc3ccccc3Cl)CC2)cc1. The van der Waals surface area contributed by atoms with E-state index in [4.69, 9.17) is 11.6 Å². The van der Waals surface area contributed by atoms with E-state index in [-0.39, 0.29) is 16.7 Å². The van der Waals surface area contributed by atoms with E-state index in [1.807, 2.05) is 31.2 Å². The number of carbonyl (C=O) groups is 1. The monoisotopic (exact) mass is 472 g/mol. The molecule has 0 unspecified atom stereocenters. The first-order valence-corrected chi connectivity index (χ1v) is 12.3. The van der Waals surface area contributed by atoms with Gasteiger partial charge in [-0.2, -0.15) is 9.40 Å². The first-order chi connectivity index (χ1) is 15.3. The van der Waals surface area contributed by atoms with Crippen LogP contribution in [0.3, 0.4) is 0 Å². The Labute approximate surface area is 193 Å². The van der Waals surface area contributed by atoms with Crippen LogP contribution in [0.1, 0.15) is 24.0 Å². The van der Waals surface area contributed by atoms with Crippen LogP contribution in [0.5, 0.6) is 0 Å². The molecule has 3 aromatic rings. The van der Waals surface area contributed by atoms with Crippen molar-refractivity contribution < 1.29 is 13.2 Å². The van der Waals surface area contributed by atoms with Crippen LogP contribution < -0.4 is 5.32 Å². The standard InChI is InChI=1S/C23H25ClN4O3S/c1-17-6-8-20(9-7-17)32(30,31)27-14-11-18(12-15-27)23(29)26-22-10-13-25-28(22)16-19-4-2-3-5-21(19)24/h2-10,13,18H,11-12,14-16H2,1H3,(H,26,29). The fourth-order valence-corrected chi connectivity index (χ4v) is 5.46. The first kappa shape index (κ1) is 22.5. The molecular formula is C23H25ClN4O3S. The molecule has 1 saturated heterocycles. The number of hydrogen-bond acceptors (Lipinski definition) is 4. The van der Waals surface area contributed by atoms with Crippen molar-refractivity contribution in [2.24, 2.45) is 5.92 Å². The second-order valence-corrected chi connectivity index (χ2v) is 10.3. The number of sulfonamides is 1. The van der Waals surface area contributed by atoms with Gasteiger partial charge in [0.25, 0.3) is 0 Å². The highest BCUT2D eigenvalue weighted by Crippen LogP contribution is 2.25. The molecule has 1 fully saturated rings. The Kier molecular flexibility index (Phi) is 6.64. The van der Waals surface area contributed by atoms with E-state index in [0.717, 1.165) is 11.1 Å². The van der Waals surface area contributed by atoms with Crippen LogP contribution in [0.15, 0.2) is 65.7 Å². The van der Waals surface area contributed by atoms with Crippen molar-refractivity contribution >= 4 is 33.3 Å². The maximum atomic E-state index is 12.9. The molecule has 0 aliphatic carbocycles. The second kappa shape index (κ2) is 9.44. The largest absolute Gasteiger partial charge is 0.311 e. The Morgan fingerprint density at radius 3 is 2.47 bits per heavy atom. The van der Waals surface area contributed by atoms with Crippen LogP contribution in [0.25, 0.3) is 0 Å². The van der Waals surface area contributed by atoms with E-state index >= 15 is 0 Å². The normalized spacial score (nSPS) is 15.6. The van der Waals surface area contributed by atoms with E-state index < -0.39 is 10.0 Å². The molecule has 0 saturated carbocycles. The zero-order valence-electron chi connectivity index (χ0n) is 17.7. The highest BCUT2D eigenvalue weighted by molar-refractivity contribution is 7.89. The Morgan fingerprint density at radius 1 is 1.09 bits per heavy atom. The van der Waals surface area contributed by atoms with Gasteiger partial charge in [-0.15, -0.1) is 0 Å². The predicted molar refractivity (Wildman–Crippen MR) is 124 cm³/mol. The summed E-state index contributed by atoms with van der Waals surface area (Å²) in [4.78, 5) is 13.1. The number of hydrogen-bond donors (Lipinski definition) is 1. The van der Waals surface area contributed by atoms with Crippen molar-refractivity contribution in [3.05, 3.63) is 76.9 Å². The lowest BCUT2D eigenvalue weighted by molar-refractivity contribution is -0.121. The van der Waals surface area contributed by atoms with Gasteiger partial charge in [-0.3, -0.25) is 4.79 Å². The number of aryl methyl sites for hydroxylation is 1. The van der Waals surface area contributed by atoms with Crippen molar-refractivity contribution in [3.8, 4) is 0 Å². The Balaban J connectivity index is 1.37. The van der Waals surface area contributed by atoms with E-state index in [0.29, 0.717) is 43.3 Å². The van der Waals surface area contributed by atoms with Crippen LogP contribution in [0.4, 0.5) is 5.82 Å². The summed E-state index contributed by atoms with van der Waals surface area (Å²) in [5.74, 6) is 0.200. The van der Waals surface area contributed by atoms with Gasteiger partial charge in [0.2, 0.25) is 15.9 Å². The van der Waals surface area contributed by atoms with Gasteiger partial charge in [0.05, 0.1) is 17.6 Å². The van der Waals surface area contributed by atoms with E-state index in [9.17, 15) is 13.2 Å². The molecular weight excluding hydrogens is 448 g/mol. The molecule has 1 aliphatic heterocycles. The Morgan fingerprint density at radius 2 is 1.78 bits per heavy atom. The molecule has 2 heterocycles. The topological polar surface area (TPSA) is 84.3 Å². The lowest BCUT2D eigenvalue weighted by Crippen LogP contribution is -2.41. The summed E-state index contributed by atoms with van der Waals surface area (Å²) in [7, 11) is -3.55. The summed E-state index contributed by atoms with van der Waals surface area (Å²) in [6.07, 6.45) is 2.56. The molecule has 168 valence electrons. The molecule has 4 rings (SSSR count). The number of benzene rings is 2. The summed E-state index contributed by atoms with van der Waals surface area (Å²) in [5, 5.41) is 7.87. The molecule has 1 aliphatic rings. The average molecular weight is 473 g/mol. The number of nitrogens with one attached hydrogen (secondary N) is 1. The average Bonchev–Trinajstić information content (AvgIpc) is 3.22. The number of amides is 1. The summed E-state index contributed by atoms with van der Waals surface area (Å²) >= 11 is 6.24. The molecule has 7 nitrogen and oxygen atoms in total. The van der Waals surface area contributed by atoms with Gasteiger partial charge in [-0.05, 0) is 43.5 Å². The fourth-order valence-electron chi connectivity index (χ4n) is 3.80. The number of rotatable bonds is 6. The van der Waals surface area contributed by atoms with Gasteiger partial charge in [-0.1, -0.05) is 47.5 Å². The summed E-state index contributed by atoms with van der Waals surface area (Å²) < 4.78 is 28.9. The molecule has 1 aromatic heterocycles. The van der Waals surface area contributed by atoms with Crippen LogP contribution in [-0.2, 0) is 21.4 Å². The highest BCUT2D eigenvalue weighted by Gasteiger charge is 2.32. The zero-order valence-corrected chi connectivity index (χ0v) is 19.3. The molecule has 1 N–H and O–H groups in total. The minimum atomic E-state index is -3.55. The van der Waals surface area contributed by atoms with Crippen LogP contribution in [-0.4, -0.2) is 41.5 Å². The quantitative estimate of drug-likeness (QED) is 0.589. The van der Waals surface area contributed by atoms with Crippen molar-refractivity contribution in [2.45, 2.75) is 31.2 Å². The van der Waals surface area contributed by atoms with Crippen molar-refractivity contribution in [2.75, 3.05) is 18.4 Å². The first-order valence-electron chi connectivity index (χ1n) is 10.5. The molecule has 0 radical (unpaired) electrons. The Hall–Kier alpha value is -2.68. The third-order valence-electron chi connectivity index (χ3n) is 5.73. The van der Waals surface area contributed by atoms with Crippen LogP contribution >= 0.6 is 11.6 Å². The van der Waals surface area contributed by atoms with Crippen molar-refractivity contribution in [3.63, 3.8) is 0 Å². The van der Waals surface area contributed by atoms with E-state index in [1.165, 1.54) is 4.31 Å². The van der Waals surface area contributed by atoms with Crippen molar-refractivity contribution in [1.29, 1.82) is 0 Å². The van der Waals surface area contributed by atoms with Gasteiger partial charge in [-0.25, -0.2) is 13.1 Å². The molecule has 1 amide bonds. The summed E-state index contributed by atoms with van der Waals surface area (Å²) in [6, 6.07) is 16.1. The number of halogens is 1. The van der Waals surface area contributed by atoms with Crippen LogP contribution in [0.2, 0.25) is 5.02 Å². The van der Waals surface area contributed by atoms with Crippen molar-refractivity contribution in [1.82, 2.24) is 14.1 Å². The molecule has 0 atom stereocenters. The third-order valence-corrected chi connectivity index (χ3v) is 8.01. The molecule has 0 spiro atoms. The van der Waals surface area contributed by atoms with Gasteiger partial charge in [0.15, 0.2) is 0 Å². The number of piperidine rings is 1. The van der Waals surface area contributed by atoms with E-state index in [1.54, 1.807) is 41.2 Å². The lowest BCUT2D eigenvalue weighted by atomic mass is 9.97. The smallest absolute Gasteiger partial charge is 0.243 e. The maximum absolute atomic E-state index is 12.9. The summed E-state index contributed by atoms with van der Waals surface area (Å²) in [5.41, 5.74) is 1.91. The highest BCUT2D eigenvalue weighted by atomic mass is 35.5. The third kappa shape index (κ3) is 4.87. The molecule has 0 bridgehead atoms. The minimum Gasteiger partial charge on any atom is -0.311 e. The second-order valence-electron chi connectivity index (χ2n) is 7.95. The predicted octanol–water partition coefficient (Wildman–Crippen LogP) is 3.93. The zero-order chi connectivity index (χ0) is 22.7. The number of anilines is 1. The van der Waals surface area contributed by atoms with Gasteiger partial charge in [0.1, 0.15) is 5.82 Å². The van der Waals surface area contributed by atoms with Crippen LogP contribution in [0, 0.1) is 12.8 Å². The molecule has 32 heavy (non-hydrogen) atoms. The van der Waals surface area contributed by atoms with Gasteiger partial charge >= 0.3 is 0 Å². The van der Waals surface area contributed by atoms with Gasteiger partial charge < -0.3 is 5.32 Å². The lowest BCUT2D eigenvalue weighted by Gasteiger charge is -2.30. The number of nitrogens with zero attached hydrogens (tertiary/aromatic N) is 3. The number of carbonyl (C=O) groups excluding carboxylic acids is 1. The molecule has 2 aromatic carbocycles. The van der Waals surface area contributed by atoms with E-state index in [2.05, 4.69) is 10.4 Å².